The van der Waals surface area contributed by atoms with Gasteiger partial charge in [0.05, 0.1) is 13.2 Å². The van der Waals surface area contributed by atoms with Gasteiger partial charge in [-0.3, -0.25) is 14.5 Å². The molecule has 1 N–H and O–H groups in total. The van der Waals surface area contributed by atoms with Crippen molar-refractivity contribution in [3.05, 3.63) is 41.5 Å². The Labute approximate surface area is 146 Å². The number of aliphatic hydroxyl groups is 1. The molecule has 0 aromatic heterocycles. The molecule has 0 saturated carbocycles. The number of nitrogens with zero attached hydrogens (tertiary/aromatic N) is 2. The van der Waals surface area contributed by atoms with Crippen molar-refractivity contribution in [1.82, 2.24) is 4.90 Å². The lowest BCUT2D eigenvalue weighted by Gasteiger charge is -2.30. The average molecular weight is 338 g/mol. The van der Waals surface area contributed by atoms with Crippen molar-refractivity contribution in [2.75, 3.05) is 31.1 Å². The van der Waals surface area contributed by atoms with Crippen molar-refractivity contribution in [1.29, 1.82) is 0 Å². The Morgan fingerprint density at radius 2 is 1.56 bits per heavy atom. The van der Waals surface area contributed by atoms with Crippen LogP contribution in [0, 0.1) is 0 Å². The third kappa shape index (κ3) is 2.59. The van der Waals surface area contributed by atoms with Crippen molar-refractivity contribution in [3.8, 4) is 0 Å². The molecule has 0 bridgehead atoms. The highest BCUT2D eigenvalue weighted by Gasteiger charge is 2.33. The number of carbonyl (C=O) groups excluding carboxylic acids is 2. The van der Waals surface area contributed by atoms with Crippen LogP contribution < -0.4 is 4.90 Å². The molecule has 130 valence electrons. The van der Waals surface area contributed by atoms with E-state index in [1.54, 1.807) is 6.07 Å². The van der Waals surface area contributed by atoms with Gasteiger partial charge in [-0.05, 0) is 31.0 Å². The first-order chi connectivity index (χ1) is 12.2. The van der Waals surface area contributed by atoms with E-state index in [9.17, 15) is 14.7 Å². The van der Waals surface area contributed by atoms with Crippen LogP contribution >= 0.6 is 0 Å². The van der Waals surface area contributed by atoms with Crippen LogP contribution in [0.3, 0.4) is 0 Å². The summed E-state index contributed by atoms with van der Waals surface area (Å²) in [6.07, 6.45) is 4.85. The second kappa shape index (κ2) is 6.48. The Morgan fingerprint density at radius 1 is 0.880 bits per heavy atom. The lowest BCUT2D eigenvalue weighted by atomic mass is 9.92. The Kier molecular flexibility index (Phi) is 4.17. The molecule has 0 atom stereocenters. The fraction of sp³-hybridized carbons (Fsp3) is 0.400. The molecule has 4 rings (SSSR count). The number of aliphatic hydroxyl groups excluding tert-OH is 1. The van der Waals surface area contributed by atoms with Gasteiger partial charge in [-0.2, -0.15) is 0 Å². The molecule has 1 saturated heterocycles. The number of β-amino-alcohol motifs (C(OH)–C–C–N with tert-alkyl or cyclic N) is 1. The zero-order valence-corrected chi connectivity index (χ0v) is 14.2. The van der Waals surface area contributed by atoms with E-state index in [0.717, 1.165) is 34.4 Å². The lowest BCUT2D eigenvalue weighted by Crippen LogP contribution is -2.42. The van der Waals surface area contributed by atoms with Gasteiger partial charge in [0.15, 0.2) is 0 Å². The van der Waals surface area contributed by atoms with E-state index in [-0.39, 0.29) is 25.0 Å². The normalized spacial score (nSPS) is 18.0. The van der Waals surface area contributed by atoms with Crippen LogP contribution in [-0.4, -0.2) is 48.1 Å². The summed E-state index contributed by atoms with van der Waals surface area (Å²) in [7, 11) is 0. The second-order valence-electron chi connectivity index (χ2n) is 6.75. The molecular formula is C20H22N2O3. The van der Waals surface area contributed by atoms with Gasteiger partial charge in [0.1, 0.15) is 0 Å². The summed E-state index contributed by atoms with van der Waals surface area (Å²) < 4.78 is 0. The molecule has 0 spiro atoms. The first kappa shape index (κ1) is 16.1. The zero-order valence-electron chi connectivity index (χ0n) is 14.2. The molecule has 0 aliphatic carbocycles. The van der Waals surface area contributed by atoms with E-state index in [2.05, 4.69) is 4.90 Å². The maximum Gasteiger partial charge on any atom is 0.261 e. The minimum absolute atomic E-state index is 0.0291. The number of hydrogen-bond donors (Lipinski definition) is 1. The standard InChI is InChI=1S/C20H22N2O3/c23-13-12-22-19(24)15-7-5-6-14-17(21-10-3-1-2-4-11-21)9-8-16(18(14)15)20(22)25/h5-9,23H,1-4,10-13H2. The quantitative estimate of drug-likeness (QED) is 0.874. The summed E-state index contributed by atoms with van der Waals surface area (Å²) in [6.45, 7) is 1.82. The number of amides is 2. The van der Waals surface area contributed by atoms with E-state index in [4.69, 9.17) is 0 Å². The van der Waals surface area contributed by atoms with Crippen LogP contribution in [0.15, 0.2) is 30.3 Å². The highest BCUT2D eigenvalue weighted by molar-refractivity contribution is 6.26. The van der Waals surface area contributed by atoms with Gasteiger partial charge in [-0.15, -0.1) is 0 Å². The third-order valence-corrected chi connectivity index (χ3v) is 5.24. The molecule has 2 aliphatic rings. The summed E-state index contributed by atoms with van der Waals surface area (Å²) in [5, 5.41) is 10.9. The first-order valence-corrected chi connectivity index (χ1v) is 9.00. The molecule has 2 aromatic rings. The molecule has 1 fully saturated rings. The van der Waals surface area contributed by atoms with Crippen LogP contribution in [0.2, 0.25) is 0 Å². The first-order valence-electron chi connectivity index (χ1n) is 9.00. The second-order valence-corrected chi connectivity index (χ2v) is 6.75. The van der Waals surface area contributed by atoms with E-state index in [1.807, 2.05) is 24.3 Å². The number of benzene rings is 2. The predicted octanol–water partition coefficient (Wildman–Crippen LogP) is 2.81. The van der Waals surface area contributed by atoms with Crippen LogP contribution in [0.1, 0.15) is 46.4 Å². The van der Waals surface area contributed by atoms with E-state index in [0.29, 0.717) is 11.1 Å². The number of imide groups is 1. The van der Waals surface area contributed by atoms with Crippen molar-refractivity contribution in [2.24, 2.45) is 0 Å². The van der Waals surface area contributed by atoms with Gasteiger partial charge in [-0.1, -0.05) is 25.0 Å². The van der Waals surface area contributed by atoms with Crippen LogP contribution in [0.25, 0.3) is 10.8 Å². The fourth-order valence-electron chi connectivity index (χ4n) is 4.02. The molecule has 2 heterocycles. The summed E-state index contributed by atoms with van der Waals surface area (Å²) in [6, 6.07) is 9.51. The summed E-state index contributed by atoms with van der Waals surface area (Å²) in [5.41, 5.74) is 2.22. The third-order valence-electron chi connectivity index (χ3n) is 5.24. The molecule has 2 amide bonds. The van der Waals surface area contributed by atoms with E-state index < -0.39 is 0 Å². The van der Waals surface area contributed by atoms with Crippen molar-refractivity contribution in [2.45, 2.75) is 25.7 Å². The molecular weight excluding hydrogens is 316 g/mol. The molecule has 2 aromatic carbocycles. The van der Waals surface area contributed by atoms with Gasteiger partial charge in [-0.25, -0.2) is 0 Å². The smallest absolute Gasteiger partial charge is 0.261 e. The largest absolute Gasteiger partial charge is 0.395 e. The monoisotopic (exact) mass is 338 g/mol. The van der Waals surface area contributed by atoms with Gasteiger partial charge >= 0.3 is 0 Å². The lowest BCUT2D eigenvalue weighted by molar-refractivity contribution is 0.0580. The van der Waals surface area contributed by atoms with Crippen LogP contribution in [-0.2, 0) is 0 Å². The maximum absolute atomic E-state index is 12.7. The Morgan fingerprint density at radius 3 is 2.24 bits per heavy atom. The molecule has 25 heavy (non-hydrogen) atoms. The zero-order chi connectivity index (χ0) is 17.4. The summed E-state index contributed by atoms with van der Waals surface area (Å²) >= 11 is 0. The minimum Gasteiger partial charge on any atom is -0.395 e. The Balaban J connectivity index is 1.88. The van der Waals surface area contributed by atoms with Gasteiger partial charge in [0, 0.05) is 40.7 Å². The molecule has 5 nitrogen and oxygen atoms in total. The number of rotatable bonds is 3. The number of hydrogen-bond acceptors (Lipinski definition) is 4. The molecule has 2 aliphatic heterocycles. The number of anilines is 1. The van der Waals surface area contributed by atoms with Crippen molar-refractivity contribution < 1.29 is 14.7 Å². The van der Waals surface area contributed by atoms with E-state index >= 15 is 0 Å². The maximum atomic E-state index is 12.7. The van der Waals surface area contributed by atoms with Crippen LogP contribution in [0.4, 0.5) is 5.69 Å². The van der Waals surface area contributed by atoms with Gasteiger partial charge in [0.25, 0.3) is 11.8 Å². The molecule has 0 radical (unpaired) electrons. The predicted molar refractivity (Wildman–Crippen MR) is 97.1 cm³/mol. The molecule has 5 heteroatoms. The van der Waals surface area contributed by atoms with Gasteiger partial charge in [0.2, 0.25) is 0 Å². The highest BCUT2D eigenvalue weighted by Crippen LogP contribution is 2.36. The van der Waals surface area contributed by atoms with Crippen molar-refractivity contribution >= 4 is 28.3 Å². The van der Waals surface area contributed by atoms with Gasteiger partial charge < -0.3 is 10.0 Å². The topological polar surface area (TPSA) is 60.9 Å². The molecule has 0 unspecified atom stereocenters. The minimum atomic E-state index is -0.315. The van der Waals surface area contributed by atoms with Crippen molar-refractivity contribution in [3.63, 3.8) is 0 Å². The highest BCUT2D eigenvalue weighted by atomic mass is 16.3. The summed E-state index contributed by atoms with van der Waals surface area (Å²) in [5.74, 6) is -0.629. The Bertz CT molecular complexity index is 816. The summed E-state index contributed by atoms with van der Waals surface area (Å²) in [4.78, 5) is 29.0. The average Bonchev–Trinajstić information content (AvgIpc) is 2.92. The van der Waals surface area contributed by atoms with Crippen LogP contribution in [0.5, 0.6) is 0 Å². The fourth-order valence-corrected chi connectivity index (χ4v) is 4.02. The SMILES string of the molecule is O=C1c2cccc3c(N4CCCCCC4)ccc(c23)C(=O)N1CCO. The number of carbonyl (C=O) groups is 2. The van der Waals surface area contributed by atoms with E-state index in [1.165, 1.54) is 25.7 Å². The Hall–Kier alpha value is -2.40.